The molecular weight excluding hydrogens is 672 g/mol. The molecule has 15 nitrogen and oxygen atoms in total. The third-order valence-electron chi connectivity index (χ3n) is 10.2. The predicted molar refractivity (Wildman–Crippen MR) is 175 cm³/mol. The number of rotatable bonds is 4. The van der Waals surface area contributed by atoms with Gasteiger partial charge in [-0.15, -0.1) is 0 Å². The molecule has 0 amide bonds. The van der Waals surface area contributed by atoms with Crippen LogP contribution >= 0.6 is 0 Å². The van der Waals surface area contributed by atoms with Gasteiger partial charge in [0.2, 0.25) is 0 Å². The highest BCUT2D eigenvalue weighted by Crippen LogP contribution is 2.56. The molecular formula is C36H38O15. The number of aliphatic hydroxyl groups excluding tert-OH is 5. The Bertz CT molecular complexity index is 2020. The number of phenols is 4. The second kappa shape index (κ2) is 12.4. The van der Waals surface area contributed by atoms with Crippen molar-refractivity contribution >= 4 is 22.3 Å². The second-order valence-electron chi connectivity index (χ2n) is 13.6. The fourth-order valence-corrected chi connectivity index (χ4v) is 7.92. The van der Waals surface area contributed by atoms with E-state index in [1.54, 1.807) is 27.7 Å². The van der Waals surface area contributed by atoms with E-state index in [1.165, 1.54) is 6.07 Å². The number of hydrogen-bond donors (Lipinski definition) is 9. The van der Waals surface area contributed by atoms with E-state index in [0.29, 0.717) is 0 Å². The van der Waals surface area contributed by atoms with Crippen LogP contribution in [0.2, 0.25) is 0 Å². The second-order valence-corrected chi connectivity index (χ2v) is 13.6. The summed E-state index contributed by atoms with van der Waals surface area (Å²) in [5.41, 5.74) is -0.803. The number of benzene rings is 3. The zero-order valence-electron chi connectivity index (χ0n) is 27.9. The Balaban J connectivity index is 1.51. The van der Waals surface area contributed by atoms with Crippen LogP contribution in [0.5, 0.6) is 28.7 Å². The van der Waals surface area contributed by atoms with Gasteiger partial charge in [-0.25, -0.2) is 0 Å². The van der Waals surface area contributed by atoms with Crippen molar-refractivity contribution in [2.24, 2.45) is 0 Å². The number of Topliss-reactive ketones (excluding diaryl/α,β-unsaturated/α-hetero) is 2. The van der Waals surface area contributed by atoms with E-state index >= 15 is 0 Å². The predicted octanol–water partition coefficient (Wildman–Crippen LogP) is 1.89. The van der Waals surface area contributed by atoms with Crippen LogP contribution in [-0.2, 0) is 14.2 Å². The Morgan fingerprint density at radius 3 is 2.12 bits per heavy atom. The first-order valence-corrected chi connectivity index (χ1v) is 16.5. The van der Waals surface area contributed by atoms with Crippen LogP contribution in [0.15, 0.2) is 29.3 Å². The van der Waals surface area contributed by atoms with Gasteiger partial charge in [-0.05, 0) is 33.8 Å². The summed E-state index contributed by atoms with van der Waals surface area (Å²) >= 11 is 0. The molecule has 272 valence electrons. The molecule has 15 heteroatoms. The topological polar surface area (TPSA) is 253 Å². The van der Waals surface area contributed by atoms with E-state index < -0.39 is 108 Å². The van der Waals surface area contributed by atoms with Gasteiger partial charge in [0.05, 0.1) is 35.4 Å². The third-order valence-corrected chi connectivity index (χ3v) is 10.2. The van der Waals surface area contributed by atoms with Crippen LogP contribution in [0.4, 0.5) is 0 Å². The van der Waals surface area contributed by atoms with Gasteiger partial charge in [0.15, 0.2) is 17.9 Å². The molecule has 10 atom stereocenters. The molecule has 9 N–H and O–H groups in total. The van der Waals surface area contributed by atoms with Crippen LogP contribution in [0.1, 0.15) is 78.2 Å². The SMILES string of the molecule is CC1CC2=C(C(=O)c3c(O)cc(O)c(-c4c5c(c(O)c6c(OCC7OC(O)C(O)C(O)C7O)cc(O)cc46)C(C)OC(C)C5O)c3C2=O)C(C)O1. The average Bonchev–Trinajstić information content (AvgIpc) is 3.05. The Kier molecular flexibility index (Phi) is 8.55. The lowest BCUT2D eigenvalue weighted by Crippen LogP contribution is -2.58. The molecule has 3 heterocycles. The highest BCUT2D eigenvalue weighted by atomic mass is 16.6. The first kappa shape index (κ1) is 35.1. The van der Waals surface area contributed by atoms with Gasteiger partial charge in [0.1, 0.15) is 65.9 Å². The molecule has 10 unspecified atom stereocenters. The zero-order chi connectivity index (χ0) is 37.0. The molecule has 7 rings (SSSR count). The molecule has 1 aliphatic carbocycles. The van der Waals surface area contributed by atoms with E-state index in [-0.39, 0.29) is 61.9 Å². The quantitative estimate of drug-likeness (QED) is 0.187. The fraction of sp³-hybridized carbons (Fsp3) is 0.444. The normalized spacial score (nSPS) is 32.1. The first-order chi connectivity index (χ1) is 24.0. The molecule has 3 aliphatic heterocycles. The number of fused-ring (bicyclic) bond motifs is 3. The maximum Gasteiger partial charge on any atom is 0.196 e. The molecule has 0 aromatic heterocycles. The van der Waals surface area contributed by atoms with E-state index in [0.717, 1.165) is 12.1 Å². The van der Waals surface area contributed by atoms with Crippen molar-refractivity contribution in [2.75, 3.05) is 6.61 Å². The van der Waals surface area contributed by atoms with E-state index in [2.05, 4.69) is 0 Å². The summed E-state index contributed by atoms with van der Waals surface area (Å²) in [7, 11) is 0. The Labute approximate surface area is 290 Å². The number of phenolic OH excluding ortho intramolecular Hbond substituents is 4. The monoisotopic (exact) mass is 710 g/mol. The van der Waals surface area contributed by atoms with Crippen molar-refractivity contribution in [2.45, 2.75) is 95.3 Å². The standard InChI is InChI=1S/C36H38O15/c1-10-5-16-21(11(2)49-10)32(43)26-18(39)8-17(38)25(28(26)30(16)41)24-15-6-14(37)7-19(48-9-20-31(42)34(45)35(46)36(47)51-20)23(15)33(44)22-12(3)50-13(4)29(40)27(22)24/h6-8,10-13,20,29,31,34-40,42,44-47H,5,9H2,1-4H3. The maximum atomic E-state index is 14.5. The summed E-state index contributed by atoms with van der Waals surface area (Å²) in [4.78, 5) is 28.5. The maximum absolute atomic E-state index is 14.5. The molecule has 0 saturated carbocycles. The number of carbonyl (C=O) groups is 2. The molecule has 4 aliphatic rings. The summed E-state index contributed by atoms with van der Waals surface area (Å²) in [6, 6.07) is 3.21. The van der Waals surface area contributed by atoms with Crippen LogP contribution in [0, 0.1) is 0 Å². The van der Waals surface area contributed by atoms with Crippen molar-refractivity contribution < 1.29 is 74.5 Å². The minimum absolute atomic E-state index is 0.0194. The molecule has 3 aromatic carbocycles. The summed E-state index contributed by atoms with van der Waals surface area (Å²) in [5, 5.41) is 97.7. The summed E-state index contributed by atoms with van der Waals surface area (Å²) < 4.78 is 22.9. The number of aliphatic hydroxyl groups is 5. The average molecular weight is 711 g/mol. The Morgan fingerprint density at radius 1 is 0.725 bits per heavy atom. The van der Waals surface area contributed by atoms with E-state index in [9.17, 15) is 55.5 Å². The highest BCUT2D eigenvalue weighted by Gasteiger charge is 2.46. The first-order valence-electron chi connectivity index (χ1n) is 16.5. The molecule has 1 saturated heterocycles. The highest BCUT2D eigenvalue weighted by molar-refractivity contribution is 6.31. The number of ketones is 2. The molecule has 0 radical (unpaired) electrons. The summed E-state index contributed by atoms with van der Waals surface area (Å²) in [6.45, 7) is 5.95. The van der Waals surface area contributed by atoms with E-state index in [4.69, 9.17) is 18.9 Å². The molecule has 1 fully saturated rings. The van der Waals surface area contributed by atoms with Crippen molar-refractivity contribution in [1.29, 1.82) is 0 Å². The summed E-state index contributed by atoms with van der Waals surface area (Å²) in [6.07, 6.45) is -13.0. The Hall–Kier alpha value is -4.32. The molecule has 3 aromatic rings. The van der Waals surface area contributed by atoms with Crippen molar-refractivity contribution in [3.63, 3.8) is 0 Å². The molecule has 0 spiro atoms. The lowest BCUT2D eigenvalue weighted by Gasteiger charge is -2.38. The van der Waals surface area contributed by atoms with Gasteiger partial charge in [-0.3, -0.25) is 9.59 Å². The van der Waals surface area contributed by atoms with Crippen molar-refractivity contribution in [3.05, 3.63) is 51.6 Å². The lowest BCUT2D eigenvalue weighted by molar-refractivity contribution is -0.285. The van der Waals surface area contributed by atoms with Crippen LogP contribution in [0.25, 0.3) is 21.9 Å². The van der Waals surface area contributed by atoms with Gasteiger partial charge in [-0.2, -0.15) is 0 Å². The van der Waals surface area contributed by atoms with Crippen LogP contribution in [0.3, 0.4) is 0 Å². The largest absolute Gasteiger partial charge is 0.508 e. The fourth-order valence-electron chi connectivity index (χ4n) is 7.92. The molecule has 51 heavy (non-hydrogen) atoms. The van der Waals surface area contributed by atoms with Crippen molar-refractivity contribution in [1.82, 2.24) is 0 Å². The van der Waals surface area contributed by atoms with Gasteiger partial charge in [0, 0.05) is 62.9 Å². The third kappa shape index (κ3) is 5.26. The number of aromatic hydroxyl groups is 4. The van der Waals surface area contributed by atoms with Crippen LogP contribution < -0.4 is 4.74 Å². The van der Waals surface area contributed by atoms with Crippen molar-refractivity contribution in [3.8, 4) is 39.9 Å². The smallest absolute Gasteiger partial charge is 0.196 e. The minimum Gasteiger partial charge on any atom is -0.508 e. The minimum atomic E-state index is -1.87. The lowest BCUT2D eigenvalue weighted by atomic mass is 9.73. The van der Waals surface area contributed by atoms with Gasteiger partial charge >= 0.3 is 0 Å². The van der Waals surface area contributed by atoms with E-state index in [1.807, 2.05) is 0 Å². The zero-order valence-corrected chi connectivity index (χ0v) is 27.9. The Morgan fingerprint density at radius 2 is 1.41 bits per heavy atom. The number of ether oxygens (including phenoxy) is 4. The van der Waals surface area contributed by atoms with Crippen LogP contribution in [-0.4, -0.2) is 113 Å². The van der Waals surface area contributed by atoms with Gasteiger partial charge < -0.3 is 64.9 Å². The number of carbonyl (C=O) groups excluding carboxylic acids is 2. The summed E-state index contributed by atoms with van der Waals surface area (Å²) in [5.74, 6) is -3.82. The number of hydrogen-bond acceptors (Lipinski definition) is 15. The van der Waals surface area contributed by atoms with Gasteiger partial charge in [0.25, 0.3) is 0 Å². The van der Waals surface area contributed by atoms with Gasteiger partial charge in [-0.1, -0.05) is 0 Å². The molecule has 0 bridgehead atoms.